The highest BCUT2D eigenvalue weighted by Crippen LogP contribution is 2.63. The molecule has 0 bridgehead atoms. The van der Waals surface area contributed by atoms with Gasteiger partial charge in [-0.3, -0.25) is 0 Å². The van der Waals surface area contributed by atoms with Crippen LogP contribution in [0.2, 0.25) is 0 Å². The summed E-state index contributed by atoms with van der Waals surface area (Å²) < 4.78 is 12.0. The minimum Gasteiger partial charge on any atom is -0.455 e. The molecule has 0 aromatic rings. The Bertz CT molecular complexity index is 913. The summed E-state index contributed by atoms with van der Waals surface area (Å²) in [6.07, 6.45) is -2.30. The Hall–Kier alpha value is -0.990. The number of carbonyl (C=O) groups excluding carboxylic acids is 1. The number of ether oxygens (including phenoxy) is 2. The molecule has 7 nitrogen and oxygen atoms in total. The molecule has 2 fully saturated rings. The second-order valence-electron chi connectivity index (χ2n) is 14.3. The van der Waals surface area contributed by atoms with Crippen molar-refractivity contribution in [3.05, 3.63) is 11.1 Å². The third kappa shape index (κ3) is 4.89. The lowest BCUT2D eigenvalue weighted by Crippen LogP contribution is -2.74. The molecule has 1 aliphatic heterocycles. The topological polar surface area (TPSA) is 108 Å². The van der Waals surface area contributed by atoms with E-state index in [0.717, 1.165) is 12.0 Å². The van der Waals surface area contributed by atoms with Crippen LogP contribution in [-0.2, 0) is 14.3 Å². The van der Waals surface area contributed by atoms with E-state index in [-0.39, 0.29) is 53.1 Å². The Labute approximate surface area is 230 Å². The van der Waals surface area contributed by atoms with E-state index in [0.29, 0.717) is 0 Å². The summed E-state index contributed by atoms with van der Waals surface area (Å²) in [6, 6.07) is -0.472. The van der Waals surface area contributed by atoms with Gasteiger partial charge in [0.25, 0.3) is 0 Å². The van der Waals surface area contributed by atoms with E-state index in [1.807, 2.05) is 20.8 Å². The Morgan fingerprint density at radius 3 is 2.21 bits per heavy atom. The number of hydrogen-bond acceptors (Lipinski definition) is 7. The van der Waals surface area contributed by atoms with Gasteiger partial charge in [-0.15, -0.1) is 0 Å². The van der Waals surface area contributed by atoms with E-state index in [4.69, 9.17) is 9.47 Å². The number of carbonyl (C=O) groups is 1. The second kappa shape index (κ2) is 10.8. The Morgan fingerprint density at radius 1 is 1.16 bits per heavy atom. The first-order valence-electron chi connectivity index (χ1n) is 14.6. The van der Waals surface area contributed by atoms with Crippen LogP contribution in [0.3, 0.4) is 0 Å². The van der Waals surface area contributed by atoms with Crippen LogP contribution in [0.5, 0.6) is 0 Å². The van der Waals surface area contributed by atoms with Crippen molar-refractivity contribution in [3.63, 3.8) is 0 Å². The number of hydrogen-bond donors (Lipinski definition) is 4. The highest BCUT2D eigenvalue weighted by molar-refractivity contribution is 5.75. The molecule has 1 saturated carbocycles. The molecule has 1 heterocycles. The monoisotopic (exact) mass is 537 g/mol. The van der Waals surface area contributed by atoms with E-state index < -0.39 is 41.8 Å². The van der Waals surface area contributed by atoms with E-state index in [1.54, 1.807) is 14.0 Å². The number of aliphatic hydroxyl groups excluding tert-OH is 2. The molecule has 3 rings (SSSR count). The SMILES string of the molecule is CNC(C)C(O)C(=O)OC1/C(C)=C(\C(C)(C)C)C(C)C(C)[C@]2(C)C(C)CC3OC[C@@]3(O)C2C(C)C(O)[C@H]1C. The lowest BCUT2D eigenvalue weighted by atomic mass is 9.44. The predicted molar refractivity (Wildman–Crippen MR) is 149 cm³/mol. The van der Waals surface area contributed by atoms with Crippen molar-refractivity contribution in [1.29, 1.82) is 0 Å². The molecule has 4 N–H and O–H groups in total. The zero-order valence-electron chi connectivity index (χ0n) is 25.8. The van der Waals surface area contributed by atoms with Crippen molar-refractivity contribution in [1.82, 2.24) is 5.32 Å². The van der Waals surface area contributed by atoms with Gasteiger partial charge in [-0.25, -0.2) is 4.79 Å². The summed E-state index contributed by atoms with van der Waals surface area (Å²) in [5.41, 5.74) is 0.672. The summed E-state index contributed by atoms with van der Waals surface area (Å²) >= 11 is 0. The summed E-state index contributed by atoms with van der Waals surface area (Å²) in [6.45, 7) is 23.7. The van der Waals surface area contributed by atoms with Gasteiger partial charge in [0.05, 0.1) is 18.8 Å². The van der Waals surface area contributed by atoms with Crippen LogP contribution in [0, 0.1) is 46.3 Å². The standard InChI is InChI=1S/C31H55NO6/c1-15-13-22-31(36,14-37-22)27-19(5)24(33)18(4)26(38-28(35)25(34)21(7)32-12)17(3)23(29(8,9)10)16(2)20(6)30(15,27)11/h15-16,18-22,24-27,32-34,36H,13-14H2,1-12H3/b23-17-/t15?,16?,18-,19?,20?,21?,22?,24?,25?,26?,27?,30+,31+/m1/s1. The largest absolute Gasteiger partial charge is 0.455 e. The molecule has 1 saturated heterocycles. The van der Waals surface area contributed by atoms with Gasteiger partial charge >= 0.3 is 5.97 Å². The molecule has 3 aliphatic rings. The minimum absolute atomic E-state index is 0.128. The Balaban J connectivity index is 2.23. The summed E-state index contributed by atoms with van der Waals surface area (Å²) in [5, 5.41) is 37.5. The molecule has 0 aromatic heterocycles. The quantitative estimate of drug-likeness (QED) is 0.318. The van der Waals surface area contributed by atoms with Gasteiger partial charge in [0.15, 0.2) is 6.10 Å². The van der Waals surface area contributed by atoms with Gasteiger partial charge < -0.3 is 30.1 Å². The molecular weight excluding hydrogens is 482 g/mol. The van der Waals surface area contributed by atoms with Gasteiger partial charge in [-0.1, -0.05) is 67.9 Å². The zero-order chi connectivity index (χ0) is 29.1. The molecule has 7 heteroatoms. The van der Waals surface area contributed by atoms with Crippen LogP contribution in [0.25, 0.3) is 0 Å². The van der Waals surface area contributed by atoms with Crippen LogP contribution in [0.1, 0.15) is 82.6 Å². The Morgan fingerprint density at radius 2 is 1.74 bits per heavy atom. The summed E-state index contributed by atoms with van der Waals surface area (Å²) in [5.74, 6) is -1.03. The van der Waals surface area contributed by atoms with Gasteiger partial charge in [0, 0.05) is 17.9 Å². The number of esters is 1. The van der Waals surface area contributed by atoms with Crippen molar-refractivity contribution in [2.45, 2.75) is 119 Å². The predicted octanol–water partition coefficient (Wildman–Crippen LogP) is 3.94. The smallest absolute Gasteiger partial charge is 0.337 e. The van der Waals surface area contributed by atoms with Gasteiger partial charge in [-0.05, 0) is 67.4 Å². The summed E-state index contributed by atoms with van der Waals surface area (Å²) in [4.78, 5) is 13.1. The molecule has 0 amide bonds. The van der Waals surface area contributed by atoms with Crippen LogP contribution in [0.4, 0.5) is 0 Å². The molecule has 0 radical (unpaired) electrons. The molecule has 0 aromatic carbocycles. The fourth-order valence-electron chi connectivity index (χ4n) is 8.69. The third-order valence-corrected chi connectivity index (χ3v) is 11.3. The van der Waals surface area contributed by atoms with Crippen LogP contribution in [-0.4, -0.2) is 71.0 Å². The maximum atomic E-state index is 13.1. The molecule has 13 atom stereocenters. The molecular formula is C31H55NO6. The van der Waals surface area contributed by atoms with Crippen LogP contribution < -0.4 is 5.32 Å². The number of aliphatic hydroxyl groups is 3. The number of allylic oxidation sites excluding steroid dienone is 1. The van der Waals surface area contributed by atoms with Crippen LogP contribution >= 0.6 is 0 Å². The molecule has 38 heavy (non-hydrogen) atoms. The maximum absolute atomic E-state index is 13.1. The average molecular weight is 538 g/mol. The van der Waals surface area contributed by atoms with E-state index >= 15 is 0 Å². The highest BCUT2D eigenvalue weighted by atomic mass is 16.6. The highest BCUT2D eigenvalue weighted by Gasteiger charge is 2.67. The van der Waals surface area contributed by atoms with Crippen molar-refractivity contribution < 1.29 is 29.6 Å². The fraction of sp³-hybridized carbons (Fsp3) is 0.903. The number of fused-ring (bicyclic) bond motifs is 3. The van der Waals surface area contributed by atoms with E-state index in [9.17, 15) is 20.1 Å². The van der Waals surface area contributed by atoms with Crippen molar-refractivity contribution in [2.75, 3.05) is 13.7 Å². The number of rotatable bonds is 4. The molecule has 220 valence electrons. The number of likely N-dealkylation sites (N-methyl/N-ethyl adjacent to an activating group) is 1. The first-order chi connectivity index (χ1) is 17.3. The van der Waals surface area contributed by atoms with Crippen LogP contribution in [0.15, 0.2) is 11.1 Å². The van der Waals surface area contributed by atoms with Gasteiger partial charge in [-0.2, -0.15) is 0 Å². The molecule has 10 unspecified atom stereocenters. The average Bonchev–Trinajstić information content (AvgIpc) is 2.84. The molecule has 0 spiro atoms. The van der Waals surface area contributed by atoms with Crippen molar-refractivity contribution >= 4 is 5.97 Å². The van der Waals surface area contributed by atoms with E-state index in [1.165, 1.54) is 5.57 Å². The third-order valence-electron chi connectivity index (χ3n) is 11.3. The first-order valence-corrected chi connectivity index (χ1v) is 14.6. The lowest BCUT2D eigenvalue weighted by Gasteiger charge is -2.66. The van der Waals surface area contributed by atoms with Crippen molar-refractivity contribution in [3.8, 4) is 0 Å². The maximum Gasteiger partial charge on any atom is 0.337 e. The normalized spacial score (nSPS) is 47.7. The second-order valence-corrected chi connectivity index (χ2v) is 14.3. The van der Waals surface area contributed by atoms with E-state index in [2.05, 4.69) is 53.8 Å². The first kappa shape index (κ1) is 31.5. The Kier molecular flexibility index (Phi) is 8.94. The summed E-state index contributed by atoms with van der Waals surface area (Å²) in [7, 11) is 1.69. The fourth-order valence-corrected chi connectivity index (χ4v) is 8.69. The van der Waals surface area contributed by atoms with Gasteiger partial charge in [0.1, 0.15) is 11.7 Å². The zero-order valence-corrected chi connectivity index (χ0v) is 25.8. The minimum atomic E-state index is -1.32. The number of nitrogens with one attached hydrogen (secondary N) is 1. The molecule has 2 aliphatic carbocycles. The lowest BCUT2D eigenvalue weighted by molar-refractivity contribution is -0.331. The van der Waals surface area contributed by atoms with Crippen molar-refractivity contribution in [2.24, 2.45) is 46.3 Å². The van der Waals surface area contributed by atoms with Gasteiger partial charge in [0.2, 0.25) is 0 Å².